The molecule has 1 fully saturated rings. The van der Waals surface area contributed by atoms with Crippen LogP contribution in [0.15, 0.2) is 0 Å². The van der Waals surface area contributed by atoms with Crippen LogP contribution >= 0.6 is 11.3 Å². The summed E-state index contributed by atoms with van der Waals surface area (Å²) in [5.74, 6) is -0.0568. The van der Waals surface area contributed by atoms with Gasteiger partial charge in [-0.1, -0.05) is 11.3 Å². The smallest absolute Gasteiger partial charge is 0.285 e. The van der Waals surface area contributed by atoms with E-state index in [2.05, 4.69) is 15.5 Å². The maximum atomic E-state index is 12.3. The molecule has 1 aromatic heterocycles. The number of amides is 1. The zero-order chi connectivity index (χ0) is 13.1. The van der Waals surface area contributed by atoms with Crippen molar-refractivity contribution in [2.75, 3.05) is 25.0 Å². The highest BCUT2D eigenvalue weighted by molar-refractivity contribution is 7.17. The van der Waals surface area contributed by atoms with E-state index < -0.39 is 0 Å². The Kier molecular flexibility index (Phi) is 4.13. The van der Waals surface area contributed by atoms with E-state index in [1.165, 1.54) is 11.3 Å². The molecule has 2 heterocycles. The molecule has 6 nitrogen and oxygen atoms in total. The lowest BCUT2D eigenvalue weighted by atomic mass is 10.2. The minimum atomic E-state index is -0.0568. The number of nitrogens with one attached hydrogen (secondary N) is 1. The van der Waals surface area contributed by atoms with Gasteiger partial charge in [-0.3, -0.25) is 4.79 Å². The molecule has 0 aromatic carbocycles. The van der Waals surface area contributed by atoms with E-state index in [4.69, 9.17) is 4.74 Å². The molecule has 0 radical (unpaired) electrons. The zero-order valence-electron chi connectivity index (χ0n) is 10.8. The molecule has 0 unspecified atom stereocenters. The fourth-order valence-corrected chi connectivity index (χ4v) is 2.79. The predicted octanol–water partition coefficient (Wildman–Crippen LogP) is 1.22. The molecule has 2 atom stereocenters. The number of hydrogen-bond donors (Lipinski definition) is 1. The second kappa shape index (κ2) is 5.62. The first-order valence-electron chi connectivity index (χ1n) is 6.12. The van der Waals surface area contributed by atoms with Gasteiger partial charge in [0, 0.05) is 19.6 Å². The molecule has 1 N–H and O–H groups in total. The predicted molar refractivity (Wildman–Crippen MR) is 70.0 cm³/mol. The molecule has 1 aliphatic heterocycles. The molecular formula is C11H18N4O2S. The summed E-state index contributed by atoms with van der Waals surface area (Å²) in [7, 11) is 0. The van der Waals surface area contributed by atoms with Crippen LogP contribution in [0, 0.1) is 0 Å². The van der Waals surface area contributed by atoms with E-state index >= 15 is 0 Å². The van der Waals surface area contributed by atoms with Crippen LogP contribution in [0.5, 0.6) is 0 Å². The van der Waals surface area contributed by atoms with Crippen LogP contribution < -0.4 is 5.32 Å². The molecule has 0 saturated carbocycles. The van der Waals surface area contributed by atoms with Gasteiger partial charge in [-0.25, -0.2) is 0 Å². The molecule has 1 amide bonds. The summed E-state index contributed by atoms with van der Waals surface area (Å²) in [4.78, 5) is 14.0. The van der Waals surface area contributed by atoms with Crippen LogP contribution in [0.4, 0.5) is 5.13 Å². The van der Waals surface area contributed by atoms with E-state index in [9.17, 15) is 4.79 Å². The summed E-state index contributed by atoms with van der Waals surface area (Å²) >= 11 is 1.30. The Hall–Kier alpha value is -1.21. The van der Waals surface area contributed by atoms with E-state index in [0.717, 1.165) is 6.54 Å². The van der Waals surface area contributed by atoms with E-state index in [1.807, 2.05) is 20.8 Å². The fourth-order valence-electron chi connectivity index (χ4n) is 2.01. The molecule has 1 saturated heterocycles. The van der Waals surface area contributed by atoms with Crippen LogP contribution in [0.2, 0.25) is 0 Å². The quantitative estimate of drug-likeness (QED) is 0.894. The lowest BCUT2D eigenvalue weighted by molar-refractivity contribution is -0.0586. The molecule has 100 valence electrons. The molecule has 0 bridgehead atoms. The highest BCUT2D eigenvalue weighted by Crippen LogP contribution is 2.19. The molecule has 18 heavy (non-hydrogen) atoms. The number of carbonyl (C=O) groups excluding carboxylic acids is 1. The van der Waals surface area contributed by atoms with Crippen LogP contribution in [0.1, 0.15) is 30.6 Å². The number of aromatic nitrogens is 2. The van der Waals surface area contributed by atoms with E-state index in [0.29, 0.717) is 23.2 Å². The van der Waals surface area contributed by atoms with Gasteiger partial charge in [-0.15, -0.1) is 10.2 Å². The number of ether oxygens (including phenoxy) is 1. The van der Waals surface area contributed by atoms with Gasteiger partial charge >= 0.3 is 0 Å². The maximum absolute atomic E-state index is 12.3. The Morgan fingerprint density at radius 3 is 2.72 bits per heavy atom. The van der Waals surface area contributed by atoms with E-state index in [1.54, 1.807) is 4.90 Å². The van der Waals surface area contributed by atoms with Crippen molar-refractivity contribution in [3.8, 4) is 0 Å². The van der Waals surface area contributed by atoms with Crippen molar-refractivity contribution in [3.05, 3.63) is 5.01 Å². The van der Waals surface area contributed by atoms with Crippen LogP contribution in [-0.4, -0.2) is 52.8 Å². The zero-order valence-corrected chi connectivity index (χ0v) is 11.7. The average molecular weight is 270 g/mol. The summed E-state index contributed by atoms with van der Waals surface area (Å²) in [6.07, 6.45) is 0.137. The fraction of sp³-hybridized carbons (Fsp3) is 0.727. The van der Waals surface area contributed by atoms with Crippen molar-refractivity contribution in [3.63, 3.8) is 0 Å². The summed E-state index contributed by atoms with van der Waals surface area (Å²) in [6.45, 7) is 7.92. The normalized spacial score (nSPS) is 24.1. The Bertz CT molecular complexity index is 413. The van der Waals surface area contributed by atoms with Gasteiger partial charge in [0.05, 0.1) is 12.2 Å². The number of carbonyl (C=O) groups is 1. The summed E-state index contributed by atoms with van der Waals surface area (Å²) in [5, 5.41) is 12.1. The summed E-state index contributed by atoms with van der Waals surface area (Å²) in [6, 6.07) is 0. The number of nitrogens with zero attached hydrogens (tertiary/aromatic N) is 3. The molecule has 2 rings (SSSR count). The third-order valence-electron chi connectivity index (χ3n) is 2.64. The van der Waals surface area contributed by atoms with Crippen molar-refractivity contribution in [2.45, 2.75) is 33.0 Å². The Labute approximate surface area is 110 Å². The monoisotopic (exact) mass is 270 g/mol. The number of rotatable bonds is 3. The van der Waals surface area contributed by atoms with Crippen LogP contribution in [-0.2, 0) is 4.74 Å². The first-order chi connectivity index (χ1) is 8.60. The lowest BCUT2D eigenvalue weighted by Gasteiger charge is -2.34. The SMILES string of the molecule is CCNc1nnc(C(=O)N2C[C@@H](C)O[C@@H](C)C2)s1. The van der Waals surface area contributed by atoms with Crippen LogP contribution in [0.3, 0.4) is 0 Å². The Morgan fingerprint density at radius 1 is 1.44 bits per heavy atom. The van der Waals surface area contributed by atoms with Crippen molar-refractivity contribution >= 4 is 22.4 Å². The highest BCUT2D eigenvalue weighted by Gasteiger charge is 2.28. The second-order valence-corrected chi connectivity index (χ2v) is 5.39. The first-order valence-corrected chi connectivity index (χ1v) is 6.94. The maximum Gasteiger partial charge on any atom is 0.285 e. The molecule has 1 aromatic rings. The Balaban J connectivity index is 2.05. The number of hydrogen-bond acceptors (Lipinski definition) is 6. The standard InChI is InChI=1S/C11H18N4O2S/c1-4-12-11-14-13-9(18-11)10(16)15-5-7(2)17-8(3)6-15/h7-8H,4-6H2,1-3H3,(H,12,14)/t7-,8+. The van der Waals surface area contributed by atoms with Gasteiger partial charge in [0.1, 0.15) is 0 Å². The van der Waals surface area contributed by atoms with Gasteiger partial charge in [-0.05, 0) is 20.8 Å². The third-order valence-corrected chi connectivity index (χ3v) is 3.51. The second-order valence-electron chi connectivity index (χ2n) is 4.41. The highest BCUT2D eigenvalue weighted by atomic mass is 32.1. The largest absolute Gasteiger partial charge is 0.372 e. The van der Waals surface area contributed by atoms with Gasteiger partial charge in [-0.2, -0.15) is 0 Å². The molecule has 1 aliphatic rings. The van der Waals surface area contributed by atoms with Gasteiger partial charge in [0.2, 0.25) is 10.1 Å². The van der Waals surface area contributed by atoms with Crippen LogP contribution in [0.25, 0.3) is 0 Å². The average Bonchev–Trinajstić information content (AvgIpc) is 2.76. The van der Waals surface area contributed by atoms with Crippen molar-refractivity contribution in [2.24, 2.45) is 0 Å². The third kappa shape index (κ3) is 2.97. The topological polar surface area (TPSA) is 67.4 Å². The molecule has 0 aliphatic carbocycles. The Morgan fingerprint density at radius 2 is 2.11 bits per heavy atom. The van der Waals surface area contributed by atoms with Gasteiger partial charge in [0.25, 0.3) is 5.91 Å². The van der Waals surface area contributed by atoms with Crippen molar-refractivity contribution in [1.29, 1.82) is 0 Å². The lowest BCUT2D eigenvalue weighted by Crippen LogP contribution is -2.48. The molecular weight excluding hydrogens is 252 g/mol. The number of morpholine rings is 1. The number of anilines is 1. The minimum absolute atomic E-state index is 0.0568. The van der Waals surface area contributed by atoms with E-state index in [-0.39, 0.29) is 18.1 Å². The first kappa shape index (κ1) is 13.2. The van der Waals surface area contributed by atoms with Crippen molar-refractivity contribution < 1.29 is 9.53 Å². The summed E-state index contributed by atoms with van der Waals surface area (Å²) in [5.41, 5.74) is 0. The van der Waals surface area contributed by atoms with Gasteiger partial charge < -0.3 is 15.0 Å². The summed E-state index contributed by atoms with van der Waals surface area (Å²) < 4.78 is 5.61. The van der Waals surface area contributed by atoms with Gasteiger partial charge in [0.15, 0.2) is 0 Å². The van der Waals surface area contributed by atoms with Crippen molar-refractivity contribution in [1.82, 2.24) is 15.1 Å². The molecule has 0 spiro atoms. The molecule has 7 heteroatoms. The minimum Gasteiger partial charge on any atom is -0.372 e.